The Hall–Kier alpha value is -4.77. The van der Waals surface area contributed by atoms with Gasteiger partial charge in [-0.2, -0.15) is 10.2 Å². The van der Waals surface area contributed by atoms with Gasteiger partial charge in [-0.3, -0.25) is 9.38 Å². The standard InChI is InChI=1S/C26H19N7O/c1-26(2,14-27)18-7-3-15(4-8-18)24-32-31-23-13-29-19-9-5-16(11-21(19)33(23)24)17-6-10-20-22(12-17)34-25(28)30-20/h3-13H,1-2H3,(H2,28,30). The number of benzene rings is 3. The van der Waals surface area contributed by atoms with E-state index in [1.807, 2.05) is 72.8 Å². The first-order chi connectivity index (χ1) is 16.4. The molecule has 0 amide bonds. The number of aromatic nitrogens is 5. The highest BCUT2D eigenvalue weighted by Crippen LogP contribution is 2.30. The lowest BCUT2D eigenvalue weighted by Gasteiger charge is -2.15. The molecule has 0 atom stereocenters. The molecule has 164 valence electrons. The maximum atomic E-state index is 9.44. The number of oxazole rings is 1. The molecule has 3 aromatic carbocycles. The van der Waals surface area contributed by atoms with E-state index in [0.29, 0.717) is 17.1 Å². The molecule has 0 aliphatic rings. The van der Waals surface area contributed by atoms with E-state index in [1.165, 1.54) is 0 Å². The first-order valence-electron chi connectivity index (χ1n) is 10.8. The quantitative estimate of drug-likeness (QED) is 0.401. The fourth-order valence-corrected chi connectivity index (χ4v) is 4.15. The molecule has 0 unspecified atom stereocenters. The van der Waals surface area contributed by atoms with E-state index in [-0.39, 0.29) is 6.01 Å². The smallest absolute Gasteiger partial charge is 0.292 e. The van der Waals surface area contributed by atoms with Gasteiger partial charge < -0.3 is 10.2 Å². The van der Waals surface area contributed by atoms with E-state index in [2.05, 4.69) is 32.3 Å². The molecule has 8 nitrogen and oxygen atoms in total. The summed E-state index contributed by atoms with van der Waals surface area (Å²) in [6.07, 6.45) is 1.72. The molecule has 0 spiro atoms. The Kier molecular flexibility index (Phi) is 4.16. The van der Waals surface area contributed by atoms with Gasteiger partial charge in [-0.15, -0.1) is 10.2 Å². The number of anilines is 1. The van der Waals surface area contributed by atoms with E-state index in [9.17, 15) is 5.26 Å². The van der Waals surface area contributed by atoms with Crippen LogP contribution in [0.15, 0.2) is 71.3 Å². The number of nitrogens with two attached hydrogens (primary N) is 1. The van der Waals surface area contributed by atoms with Gasteiger partial charge in [-0.25, -0.2) is 0 Å². The summed E-state index contributed by atoms with van der Waals surface area (Å²) in [6, 6.07) is 22.2. The largest absolute Gasteiger partial charge is 0.424 e. The van der Waals surface area contributed by atoms with E-state index in [0.717, 1.165) is 38.8 Å². The molecule has 0 saturated heterocycles. The van der Waals surface area contributed by atoms with E-state index in [4.69, 9.17) is 10.2 Å². The minimum atomic E-state index is -0.563. The third-order valence-electron chi connectivity index (χ3n) is 6.11. The van der Waals surface area contributed by atoms with Gasteiger partial charge in [0, 0.05) is 5.56 Å². The number of rotatable bonds is 3. The highest BCUT2D eigenvalue weighted by Gasteiger charge is 2.20. The number of fused-ring (bicyclic) bond motifs is 4. The van der Waals surface area contributed by atoms with Gasteiger partial charge in [-0.1, -0.05) is 36.4 Å². The molecule has 0 fully saturated rings. The summed E-state index contributed by atoms with van der Waals surface area (Å²) in [5.41, 5.74) is 12.7. The summed E-state index contributed by atoms with van der Waals surface area (Å²) in [6.45, 7) is 3.80. The average molecular weight is 445 g/mol. The molecule has 3 heterocycles. The molecule has 8 heteroatoms. The lowest BCUT2D eigenvalue weighted by molar-refractivity contribution is 0.626. The molecule has 0 bridgehead atoms. The summed E-state index contributed by atoms with van der Waals surface area (Å²) < 4.78 is 7.50. The number of nitriles is 1. The third kappa shape index (κ3) is 3.06. The molecule has 0 saturated carbocycles. The van der Waals surface area contributed by atoms with Crippen LogP contribution in [-0.4, -0.2) is 24.6 Å². The first-order valence-corrected chi connectivity index (χ1v) is 10.8. The van der Waals surface area contributed by atoms with Crippen molar-refractivity contribution >= 4 is 33.8 Å². The molecule has 0 radical (unpaired) electrons. The maximum absolute atomic E-state index is 9.44. The van der Waals surface area contributed by atoms with Crippen molar-refractivity contribution in [1.29, 1.82) is 5.26 Å². The second-order valence-electron chi connectivity index (χ2n) is 8.73. The van der Waals surface area contributed by atoms with Crippen LogP contribution in [0.1, 0.15) is 19.4 Å². The molecule has 6 rings (SSSR count). The maximum Gasteiger partial charge on any atom is 0.292 e. The molecule has 0 aliphatic carbocycles. The fourth-order valence-electron chi connectivity index (χ4n) is 4.15. The van der Waals surface area contributed by atoms with E-state index < -0.39 is 5.41 Å². The Morgan fingerprint density at radius 1 is 0.912 bits per heavy atom. The summed E-state index contributed by atoms with van der Waals surface area (Å²) in [4.78, 5) is 8.72. The Bertz CT molecular complexity index is 1750. The van der Waals surface area contributed by atoms with Crippen molar-refractivity contribution < 1.29 is 4.42 Å². The minimum absolute atomic E-state index is 0.148. The lowest BCUT2D eigenvalue weighted by atomic mass is 9.86. The van der Waals surface area contributed by atoms with Crippen LogP contribution in [0.2, 0.25) is 0 Å². The van der Waals surface area contributed by atoms with Crippen molar-refractivity contribution in [3.8, 4) is 28.6 Å². The Morgan fingerprint density at radius 3 is 2.38 bits per heavy atom. The summed E-state index contributed by atoms with van der Waals surface area (Å²) in [7, 11) is 0. The fraction of sp³-hybridized carbons (Fsp3) is 0.115. The van der Waals surface area contributed by atoms with Crippen LogP contribution in [0.25, 0.3) is 50.3 Å². The van der Waals surface area contributed by atoms with Gasteiger partial charge in [-0.05, 0) is 54.8 Å². The van der Waals surface area contributed by atoms with Crippen molar-refractivity contribution in [2.75, 3.05) is 5.73 Å². The van der Waals surface area contributed by atoms with Crippen LogP contribution in [0.4, 0.5) is 6.01 Å². The molecule has 0 aliphatic heterocycles. The van der Waals surface area contributed by atoms with E-state index in [1.54, 1.807) is 6.20 Å². The van der Waals surface area contributed by atoms with Crippen molar-refractivity contribution in [1.82, 2.24) is 24.6 Å². The Balaban J connectivity index is 1.52. The molecule has 6 aromatic rings. The van der Waals surface area contributed by atoms with Crippen LogP contribution in [0, 0.1) is 11.3 Å². The topological polar surface area (TPSA) is 119 Å². The molecule has 3 aromatic heterocycles. The highest BCUT2D eigenvalue weighted by molar-refractivity contribution is 5.87. The molecular weight excluding hydrogens is 426 g/mol. The summed E-state index contributed by atoms with van der Waals surface area (Å²) in [5, 5.41) is 18.2. The van der Waals surface area contributed by atoms with Crippen molar-refractivity contribution in [3.63, 3.8) is 0 Å². The van der Waals surface area contributed by atoms with Gasteiger partial charge in [0.1, 0.15) is 5.52 Å². The SMILES string of the molecule is CC(C)(C#N)c1ccc(-c2nnc3cnc4ccc(-c5ccc6nc(N)oc6c5)cc4n23)cc1. The third-order valence-corrected chi connectivity index (χ3v) is 6.11. The Labute approximate surface area is 194 Å². The molecular formula is C26H19N7O. The summed E-state index contributed by atoms with van der Waals surface area (Å²) >= 11 is 0. The second-order valence-corrected chi connectivity index (χ2v) is 8.73. The normalized spacial score (nSPS) is 11.9. The molecule has 2 N–H and O–H groups in total. The van der Waals surface area contributed by atoms with Crippen molar-refractivity contribution in [3.05, 3.63) is 72.4 Å². The molecule has 34 heavy (non-hydrogen) atoms. The number of hydrogen-bond donors (Lipinski definition) is 1. The number of hydrogen-bond acceptors (Lipinski definition) is 7. The number of nitrogens with zero attached hydrogens (tertiary/aromatic N) is 6. The van der Waals surface area contributed by atoms with Gasteiger partial charge >= 0.3 is 0 Å². The minimum Gasteiger partial charge on any atom is -0.424 e. The van der Waals surface area contributed by atoms with Crippen LogP contribution < -0.4 is 5.73 Å². The van der Waals surface area contributed by atoms with Crippen molar-refractivity contribution in [2.24, 2.45) is 0 Å². The Morgan fingerprint density at radius 2 is 1.62 bits per heavy atom. The van der Waals surface area contributed by atoms with Crippen LogP contribution >= 0.6 is 0 Å². The predicted octanol–water partition coefficient (Wildman–Crippen LogP) is 5.14. The van der Waals surface area contributed by atoms with Gasteiger partial charge in [0.05, 0.1) is 28.7 Å². The first kappa shape index (κ1) is 19.9. The van der Waals surface area contributed by atoms with Crippen LogP contribution in [0.3, 0.4) is 0 Å². The zero-order valence-electron chi connectivity index (χ0n) is 18.5. The van der Waals surface area contributed by atoms with Gasteiger partial charge in [0.15, 0.2) is 17.1 Å². The van der Waals surface area contributed by atoms with Crippen molar-refractivity contribution in [2.45, 2.75) is 19.3 Å². The monoisotopic (exact) mass is 445 g/mol. The average Bonchev–Trinajstić information content (AvgIpc) is 3.46. The number of nitrogen functional groups attached to an aromatic ring is 1. The van der Waals surface area contributed by atoms with Gasteiger partial charge in [0.25, 0.3) is 6.01 Å². The van der Waals surface area contributed by atoms with Crippen LogP contribution in [-0.2, 0) is 5.41 Å². The van der Waals surface area contributed by atoms with Crippen LogP contribution in [0.5, 0.6) is 0 Å². The lowest BCUT2D eigenvalue weighted by Crippen LogP contribution is -2.13. The predicted molar refractivity (Wildman–Crippen MR) is 130 cm³/mol. The summed E-state index contributed by atoms with van der Waals surface area (Å²) in [5.74, 6) is 0.708. The van der Waals surface area contributed by atoms with Gasteiger partial charge in [0.2, 0.25) is 0 Å². The van der Waals surface area contributed by atoms with E-state index >= 15 is 0 Å². The highest BCUT2D eigenvalue weighted by atomic mass is 16.4. The second kappa shape index (κ2) is 7.12. The zero-order valence-corrected chi connectivity index (χ0v) is 18.5. The zero-order chi connectivity index (χ0) is 23.4.